The molecule has 1 atom stereocenters. The van der Waals surface area contributed by atoms with E-state index in [-0.39, 0.29) is 11.8 Å². The Morgan fingerprint density at radius 2 is 1.54 bits per heavy atom. The van der Waals surface area contributed by atoms with E-state index in [1.165, 1.54) is 43.0 Å². The molecule has 0 heterocycles. The van der Waals surface area contributed by atoms with Crippen molar-refractivity contribution in [3.8, 4) is 11.1 Å². The van der Waals surface area contributed by atoms with Crippen LogP contribution in [0.15, 0.2) is 46.0 Å². The van der Waals surface area contributed by atoms with Gasteiger partial charge in [0.2, 0.25) is 0 Å². The van der Waals surface area contributed by atoms with Crippen LogP contribution in [0.3, 0.4) is 0 Å². The van der Waals surface area contributed by atoms with Crippen molar-refractivity contribution in [2.45, 2.75) is 85.1 Å². The molecule has 2 aromatic carbocycles. The number of fused-ring (bicyclic) bond motifs is 3. The molecule has 0 radical (unpaired) electrons. The average Bonchev–Trinajstić information content (AvgIpc) is 3.08. The van der Waals surface area contributed by atoms with E-state index < -0.39 is 23.9 Å². The highest BCUT2D eigenvalue weighted by molar-refractivity contribution is 9.10. The molecule has 1 aliphatic rings. The minimum Gasteiger partial charge on any atom is -0.338 e. The second-order valence-electron chi connectivity index (χ2n) is 9.63. The van der Waals surface area contributed by atoms with Crippen LogP contribution < -0.4 is 0 Å². The Bertz CT molecular complexity index is 1220. The van der Waals surface area contributed by atoms with Crippen molar-refractivity contribution in [1.29, 1.82) is 0 Å². The van der Waals surface area contributed by atoms with Crippen LogP contribution in [-0.4, -0.2) is 34.7 Å². The Hall–Kier alpha value is -3.00. The Labute approximate surface area is 227 Å². The third-order valence-electron chi connectivity index (χ3n) is 6.72. The lowest BCUT2D eigenvalue weighted by Crippen LogP contribution is -2.39. The van der Waals surface area contributed by atoms with Crippen molar-refractivity contribution >= 4 is 39.5 Å². The van der Waals surface area contributed by atoms with Gasteiger partial charge < -0.3 is 9.68 Å². The molecule has 8 heteroatoms. The highest BCUT2D eigenvalue weighted by atomic mass is 79.9. The Morgan fingerprint density at radius 3 is 2.08 bits per heavy atom. The van der Waals surface area contributed by atoms with E-state index in [0.717, 1.165) is 40.8 Å². The first-order valence-corrected chi connectivity index (χ1v) is 13.5. The highest BCUT2D eigenvalue weighted by Gasteiger charge is 2.42. The molecule has 37 heavy (non-hydrogen) atoms. The van der Waals surface area contributed by atoms with Crippen LogP contribution in [0.5, 0.6) is 0 Å². The molecule has 0 aliphatic heterocycles. The third kappa shape index (κ3) is 6.12. The minimum atomic E-state index is -0.592. The van der Waals surface area contributed by atoms with E-state index >= 15 is 0 Å². The van der Waals surface area contributed by atoms with Crippen LogP contribution in [0.25, 0.3) is 11.1 Å². The number of hydrogen-bond acceptors (Lipinski definition) is 6. The second kappa shape index (κ2) is 12.0. The predicted molar refractivity (Wildman–Crippen MR) is 147 cm³/mol. The summed E-state index contributed by atoms with van der Waals surface area (Å²) < 4.78 is 1.05. The number of hydroxylamine groups is 2. The van der Waals surface area contributed by atoms with Gasteiger partial charge in [-0.05, 0) is 65.8 Å². The zero-order valence-electron chi connectivity index (χ0n) is 22.4. The smallest absolute Gasteiger partial charge is 0.331 e. The minimum absolute atomic E-state index is 0.144. The first-order chi connectivity index (χ1) is 17.5. The maximum absolute atomic E-state index is 12.2. The van der Waals surface area contributed by atoms with Crippen molar-refractivity contribution in [3.63, 3.8) is 0 Å². The molecule has 7 nitrogen and oxygen atoms in total. The molecule has 0 saturated heterocycles. The van der Waals surface area contributed by atoms with Crippen LogP contribution in [0.1, 0.15) is 90.3 Å². The molecular weight excluding hydrogens is 536 g/mol. The van der Waals surface area contributed by atoms with E-state index in [2.05, 4.69) is 65.3 Å². The van der Waals surface area contributed by atoms with Gasteiger partial charge in [-0.25, -0.2) is 4.79 Å². The van der Waals surface area contributed by atoms with Crippen molar-refractivity contribution in [2.75, 3.05) is 0 Å². The fourth-order valence-electron chi connectivity index (χ4n) is 5.46. The number of amides is 1. The first kappa shape index (κ1) is 28.6. The van der Waals surface area contributed by atoms with E-state index in [4.69, 9.17) is 9.68 Å². The molecule has 0 bridgehead atoms. The number of benzene rings is 2. The molecule has 1 aliphatic carbocycles. The normalized spacial score (nSPS) is 14.4. The SMILES string of the molecule is CCCC1(CCC)c2cc(Br)ccc2-c2ccc(/C(CC(C)N(OC(C)=O)C(C)=O)=N/OC(C)=O)cc21. The van der Waals surface area contributed by atoms with E-state index in [9.17, 15) is 14.4 Å². The molecule has 1 amide bonds. The molecule has 3 rings (SSSR count). The first-order valence-electron chi connectivity index (χ1n) is 12.7. The van der Waals surface area contributed by atoms with Gasteiger partial charge in [-0.3, -0.25) is 9.59 Å². The summed E-state index contributed by atoms with van der Waals surface area (Å²) in [5, 5.41) is 5.20. The Morgan fingerprint density at radius 1 is 0.946 bits per heavy atom. The number of oxime groups is 1. The standard InChI is InChI=1S/C29H35BrN2O5/c1-7-13-29(14-8-2)26-16-22(9-11-24(26)25-12-10-23(30)17-27(25)29)28(31-36-20(5)34)15-18(3)32(19(4)33)37-21(6)35/h9-12,16-18H,7-8,13-15H2,1-6H3/b31-28+. The maximum Gasteiger partial charge on any atom is 0.331 e. The van der Waals surface area contributed by atoms with Gasteiger partial charge in [0.1, 0.15) is 0 Å². The third-order valence-corrected chi connectivity index (χ3v) is 7.21. The van der Waals surface area contributed by atoms with Gasteiger partial charge in [-0.2, -0.15) is 5.06 Å². The number of halogens is 1. The van der Waals surface area contributed by atoms with Crippen molar-refractivity contribution in [3.05, 3.63) is 57.6 Å². The molecule has 0 aromatic heterocycles. The number of carbonyl (C=O) groups excluding carboxylic acids is 3. The van der Waals surface area contributed by atoms with Crippen molar-refractivity contribution in [2.24, 2.45) is 5.16 Å². The molecule has 198 valence electrons. The van der Waals surface area contributed by atoms with Gasteiger partial charge in [0.25, 0.3) is 5.91 Å². The summed E-state index contributed by atoms with van der Waals surface area (Å²) in [5.41, 5.74) is 6.12. The molecule has 0 saturated carbocycles. The van der Waals surface area contributed by atoms with Crippen molar-refractivity contribution < 1.29 is 24.1 Å². The largest absolute Gasteiger partial charge is 0.338 e. The lowest BCUT2D eigenvalue weighted by atomic mass is 9.71. The zero-order valence-corrected chi connectivity index (χ0v) is 24.0. The fourth-order valence-corrected chi connectivity index (χ4v) is 5.82. The maximum atomic E-state index is 12.2. The van der Waals surface area contributed by atoms with E-state index in [1.54, 1.807) is 6.92 Å². The summed E-state index contributed by atoms with van der Waals surface area (Å²) in [6.07, 6.45) is 4.26. The second-order valence-corrected chi connectivity index (χ2v) is 10.5. The number of hydrogen-bond donors (Lipinski definition) is 0. The molecule has 0 spiro atoms. The summed E-state index contributed by atoms with van der Waals surface area (Å²) in [7, 11) is 0. The summed E-state index contributed by atoms with van der Waals surface area (Å²) in [5.74, 6) is -1.54. The van der Waals surface area contributed by atoms with Gasteiger partial charge >= 0.3 is 11.9 Å². The van der Waals surface area contributed by atoms with Gasteiger partial charge in [-0.15, -0.1) is 0 Å². The average molecular weight is 572 g/mol. The Balaban J connectivity index is 2.13. The lowest BCUT2D eigenvalue weighted by molar-refractivity contribution is -0.202. The molecule has 0 fully saturated rings. The fraction of sp³-hybridized carbons (Fsp3) is 0.448. The highest BCUT2D eigenvalue weighted by Crippen LogP contribution is 2.54. The molecule has 2 aromatic rings. The van der Waals surface area contributed by atoms with E-state index in [0.29, 0.717) is 5.71 Å². The Kier molecular flexibility index (Phi) is 9.29. The summed E-state index contributed by atoms with van der Waals surface area (Å²) in [6, 6.07) is 12.2. The van der Waals surface area contributed by atoms with Gasteiger partial charge in [-0.1, -0.05) is 66.0 Å². The summed E-state index contributed by atoms with van der Waals surface area (Å²) >= 11 is 3.67. The molecule has 0 N–H and O–H groups in total. The van der Waals surface area contributed by atoms with E-state index in [1.807, 2.05) is 6.07 Å². The van der Waals surface area contributed by atoms with Crippen LogP contribution >= 0.6 is 15.9 Å². The van der Waals surface area contributed by atoms with Crippen LogP contribution in [-0.2, 0) is 29.5 Å². The summed E-state index contributed by atoms with van der Waals surface area (Å²) in [6.45, 7) is 10.0. The number of nitrogens with zero attached hydrogens (tertiary/aromatic N) is 2. The van der Waals surface area contributed by atoms with Crippen LogP contribution in [0, 0.1) is 0 Å². The predicted octanol–water partition coefficient (Wildman–Crippen LogP) is 6.69. The van der Waals surface area contributed by atoms with Gasteiger partial charge in [0.15, 0.2) is 0 Å². The van der Waals surface area contributed by atoms with Crippen molar-refractivity contribution in [1.82, 2.24) is 5.06 Å². The molecule has 1 unspecified atom stereocenters. The summed E-state index contributed by atoms with van der Waals surface area (Å²) in [4.78, 5) is 45.6. The number of rotatable bonds is 9. The number of carbonyl (C=O) groups is 3. The topological polar surface area (TPSA) is 85.3 Å². The van der Waals surface area contributed by atoms with Gasteiger partial charge in [0.05, 0.1) is 11.8 Å². The van der Waals surface area contributed by atoms with Crippen LogP contribution in [0.4, 0.5) is 0 Å². The van der Waals surface area contributed by atoms with Crippen LogP contribution in [0.2, 0.25) is 0 Å². The monoisotopic (exact) mass is 570 g/mol. The van der Waals surface area contributed by atoms with Gasteiger partial charge in [0, 0.05) is 37.1 Å². The quantitative estimate of drug-likeness (QED) is 0.190. The zero-order chi connectivity index (χ0) is 27.3. The lowest BCUT2D eigenvalue weighted by Gasteiger charge is -2.32. The molecular formula is C29H35BrN2O5.